The van der Waals surface area contributed by atoms with Crippen molar-refractivity contribution in [2.75, 3.05) is 0 Å². The molecule has 0 bridgehead atoms. The van der Waals surface area contributed by atoms with Gasteiger partial charge in [0, 0.05) is 24.2 Å². The first-order valence-corrected chi connectivity index (χ1v) is 7.80. The number of aromatic nitrogens is 2. The molecule has 0 aliphatic carbocycles. The second-order valence-corrected chi connectivity index (χ2v) is 5.96. The van der Waals surface area contributed by atoms with Gasteiger partial charge in [0.1, 0.15) is 0 Å². The largest absolute Gasteiger partial charge is 0.478 e. The molecule has 0 amide bonds. The van der Waals surface area contributed by atoms with Gasteiger partial charge >= 0.3 is 5.97 Å². The summed E-state index contributed by atoms with van der Waals surface area (Å²) in [7, 11) is 0. The fourth-order valence-electron chi connectivity index (χ4n) is 2.53. The Balaban J connectivity index is 1.88. The molecule has 5 heteroatoms. The lowest BCUT2D eigenvalue weighted by atomic mass is 9.98. The molecule has 4 nitrogen and oxygen atoms in total. The topological polar surface area (TPSA) is 63.1 Å². The van der Waals surface area contributed by atoms with Gasteiger partial charge in [0.05, 0.1) is 16.3 Å². The summed E-state index contributed by atoms with van der Waals surface area (Å²) >= 11 is 6.13. The van der Waals surface area contributed by atoms with Crippen molar-refractivity contribution in [1.29, 1.82) is 0 Å². The third kappa shape index (κ3) is 3.44. The number of carboxylic acid groups (broad SMARTS) is 1. The first kappa shape index (κ1) is 16.1. The van der Waals surface area contributed by atoms with E-state index in [-0.39, 0.29) is 0 Å². The zero-order valence-corrected chi connectivity index (χ0v) is 13.8. The van der Waals surface area contributed by atoms with E-state index in [9.17, 15) is 9.90 Å². The fourth-order valence-corrected chi connectivity index (χ4v) is 2.75. The Labute approximate surface area is 144 Å². The molecule has 0 saturated heterocycles. The molecule has 1 aromatic carbocycles. The van der Waals surface area contributed by atoms with Crippen LogP contribution in [0.25, 0.3) is 11.3 Å². The maximum atomic E-state index is 11.4. The summed E-state index contributed by atoms with van der Waals surface area (Å²) in [4.78, 5) is 19.8. The van der Waals surface area contributed by atoms with Crippen LogP contribution < -0.4 is 0 Å². The van der Waals surface area contributed by atoms with Crippen LogP contribution in [0.2, 0.25) is 5.02 Å². The van der Waals surface area contributed by atoms with Gasteiger partial charge < -0.3 is 5.11 Å². The van der Waals surface area contributed by atoms with Crippen molar-refractivity contribution in [1.82, 2.24) is 9.97 Å². The van der Waals surface area contributed by atoms with E-state index in [2.05, 4.69) is 9.97 Å². The van der Waals surface area contributed by atoms with E-state index in [0.29, 0.717) is 17.0 Å². The van der Waals surface area contributed by atoms with Crippen molar-refractivity contribution in [2.24, 2.45) is 0 Å². The van der Waals surface area contributed by atoms with Crippen molar-refractivity contribution < 1.29 is 9.90 Å². The third-order valence-corrected chi connectivity index (χ3v) is 4.06. The molecular weight excluding hydrogens is 324 g/mol. The average Bonchev–Trinajstić information content (AvgIpc) is 2.57. The lowest BCUT2D eigenvalue weighted by Gasteiger charge is -2.08. The summed E-state index contributed by atoms with van der Waals surface area (Å²) < 4.78 is 0. The minimum absolute atomic E-state index is 0.330. The van der Waals surface area contributed by atoms with E-state index < -0.39 is 5.97 Å². The lowest BCUT2D eigenvalue weighted by Crippen LogP contribution is -2.04. The number of carboxylic acids is 1. The number of nitrogens with zero attached hydrogens (tertiary/aromatic N) is 2. The number of hydrogen-bond acceptors (Lipinski definition) is 3. The van der Waals surface area contributed by atoms with Crippen LogP contribution >= 0.6 is 11.6 Å². The summed E-state index contributed by atoms with van der Waals surface area (Å²) in [6.07, 6.45) is 5.51. The Hall–Kier alpha value is -2.72. The molecule has 0 atom stereocenters. The highest BCUT2D eigenvalue weighted by molar-refractivity contribution is 6.33. The molecule has 2 heterocycles. The molecule has 0 aliphatic heterocycles. The summed E-state index contributed by atoms with van der Waals surface area (Å²) in [6.45, 7) is 1.88. The highest BCUT2D eigenvalue weighted by Crippen LogP contribution is 2.25. The Morgan fingerprint density at radius 1 is 1.17 bits per heavy atom. The smallest absolute Gasteiger partial charge is 0.335 e. The number of hydrogen-bond donors (Lipinski definition) is 1. The first-order valence-electron chi connectivity index (χ1n) is 7.42. The van der Waals surface area contributed by atoms with Crippen molar-refractivity contribution in [3.63, 3.8) is 0 Å². The summed E-state index contributed by atoms with van der Waals surface area (Å²) in [5.74, 6) is -0.915. The van der Waals surface area contributed by atoms with Crippen LogP contribution in [0.5, 0.6) is 0 Å². The summed E-state index contributed by atoms with van der Waals surface area (Å²) in [6, 6.07) is 11.1. The van der Waals surface area contributed by atoms with E-state index in [1.165, 1.54) is 0 Å². The molecule has 0 spiro atoms. The molecule has 0 radical (unpaired) electrons. The maximum Gasteiger partial charge on any atom is 0.335 e. The van der Waals surface area contributed by atoms with Gasteiger partial charge in [0.25, 0.3) is 0 Å². The van der Waals surface area contributed by atoms with Crippen molar-refractivity contribution >= 4 is 17.6 Å². The molecule has 0 aliphatic rings. The van der Waals surface area contributed by atoms with Crippen LogP contribution in [0.1, 0.15) is 27.0 Å². The quantitative estimate of drug-likeness (QED) is 0.766. The fraction of sp³-hybridized carbons (Fsp3) is 0.105. The predicted molar refractivity (Wildman–Crippen MR) is 93.4 cm³/mol. The van der Waals surface area contributed by atoms with E-state index in [4.69, 9.17) is 11.6 Å². The molecule has 0 saturated carbocycles. The second-order valence-electron chi connectivity index (χ2n) is 5.55. The number of halogens is 1. The third-order valence-electron chi connectivity index (χ3n) is 3.76. The summed E-state index contributed by atoms with van der Waals surface area (Å²) in [5, 5.41) is 9.90. The van der Waals surface area contributed by atoms with Gasteiger partial charge in [-0.1, -0.05) is 35.4 Å². The standard InChI is InChI=1S/C19H15ClN2O2/c1-12-2-4-14(16(8-12)19(23)24)9-13-3-5-18(22-10-13)15-6-7-21-11-17(15)20/h2-8,10-11H,9H2,1H3,(H,23,24). The van der Waals surface area contributed by atoms with Crippen molar-refractivity contribution in [3.8, 4) is 11.3 Å². The van der Waals surface area contributed by atoms with Gasteiger partial charge in [-0.3, -0.25) is 9.97 Å². The molecular formula is C19H15ClN2O2. The molecule has 24 heavy (non-hydrogen) atoms. The van der Waals surface area contributed by atoms with E-state index in [1.54, 1.807) is 24.7 Å². The van der Waals surface area contributed by atoms with Crippen LogP contribution in [0.15, 0.2) is 55.0 Å². The number of aryl methyl sites for hydroxylation is 1. The van der Waals surface area contributed by atoms with Gasteiger partial charge in [0.15, 0.2) is 0 Å². The van der Waals surface area contributed by atoms with Gasteiger partial charge in [-0.2, -0.15) is 0 Å². The second kappa shape index (κ2) is 6.81. The number of aromatic carboxylic acids is 1. The number of benzene rings is 1. The Morgan fingerprint density at radius 2 is 2.00 bits per heavy atom. The number of carbonyl (C=O) groups is 1. The van der Waals surface area contributed by atoms with E-state index >= 15 is 0 Å². The molecule has 0 unspecified atom stereocenters. The monoisotopic (exact) mass is 338 g/mol. The molecule has 3 aromatic rings. The van der Waals surface area contributed by atoms with Crippen LogP contribution in [-0.2, 0) is 6.42 Å². The van der Waals surface area contributed by atoms with Gasteiger partial charge in [0.2, 0.25) is 0 Å². The molecule has 1 N–H and O–H groups in total. The van der Waals surface area contributed by atoms with E-state index in [0.717, 1.165) is 27.9 Å². The molecule has 120 valence electrons. The molecule has 2 aromatic heterocycles. The normalized spacial score (nSPS) is 10.6. The zero-order chi connectivity index (χ0) is 17.1. The summed E-state index contributed by atoms with van der Waals surface area (Å²) in [5.41, 5.74) is 4.54. The van der Waals surface area contributed by atoms with Gasteiger partial charge in [-0.15, -0.1) is 0 Å². The predicted octanol–water partition coefficient (Wildman–Crippen LogP) is 4.39. The molecule has 3 rings (SSSR count). The average molecular weight is 339 g/mol. The number of pyridine rings is 2. The lowest BCUT2D eigenvalue weighted by molar-refractivity contribution is 0.0695. The van der Waals surface area contributed by atoms with Crippen LogP contribution in [0, 0.1) is 6.92 Å². The van der Waals surface area contributed by atoms with Crippen molar-refractivity contribution in [3.05, 3.63) is 82.3 Å². The highest BCUT2D eigenvalue weighted by Gasteiger charge is 2.11. The van der Waals surface area contributed by atoms with Gasteiger partial charge in [-0.25, -0.2) is 4.79 Å². The Kier molecular flexibility index (Phi) is 4.58. The maximum absolute atomic E-state index is 11.4. The SMILES string of the molecule is Cc1ccc(Cc2ccc(-c3ccncc3Cl)nc2)c(C(=O)O)c1. The van der Waals surface area contributed by atoms with Crippen LogP contribution in [0.3, 0.4) is 0 Å². The zero-order valence-electron chi connectivity index (χ0n) is 13.0. The first-order chi connectivity index (χ1) is 11.5. The van der Waals surface area contributed by atoms with Crippen molar-refractivity contribution in [2.45, 2.75) is 13.3 Å². The Morgan fingerprint density at radius 3 is 2.67 bits per heavy atom. The molecule has 0 fully saturated rings. The minimum atomic E-state index is -0.915. The van der Waals surface area contributed by atoms with Crippen LogP contribution in [0.4, 0.5) is 0 Å². The van der Waals surface area contributed by atoms with E-state index in [1.807, 2.05) is 37.3 Å². The van der Waals surface area contributed by atoms with Gasteiger partial charge in [-0.05, 0) is 42.7 Å². The Bertz CT molecular complexity index is 892. The van der Waals surface area contributed by atoms with Crippen LogP contribution in [-0.4, -0.2) is 21.0 Å². The highest BCUT2D eigenvalue weighted by atomic mass is 35.5. The number of rotatable bonds is 4. The minimum Gasteiger partial charge on any atom is -0.478 e.